The van der Waals surface area contributed by atoms with E-state index < -0.39 is 11.6 Å². The number of ether oxygens (including phenoxy) is 1. The molecule has 0 aromatic heterocycles. The van der Waals surface area contributed by atoms with Crippen LogP contribution in [-0.2, 0) is 10.3 Å². The number of hydrogen-bond acceptors (Lipinski definition) is 3. The van der Waals surface area contributed by atoms with Gasteiger partial charge in [-0.05, 0) is 43.7 Å². The summed E-state index contributed by atoms with van der Waals surface area (Å²) in [5, 5.41) is 9.17. The molecule has 0 heterocycles. The molecule has 8 heteroatoms. The lowest BCUT2D eigenvalue weighted by atomic mass is 9.94. The number of amides is 3. The maximum Gasteiger partial charge on any atom is 0.319 e. The monoisotopic (exact) mass is 409 g/mol. The average Bonchev–Trinajstić information content (AvgIpc) is 2.57. The maximum absolute atomic E-state index is 12.4. The zero-order valence-electron chi connectivity index (χ0n) is 15.4. The van der Waals surface area contributed by atoms with Crippen molar-refractivity contribution in [1.82, 2.24) is 5.32 Å². The lowest BCUT2D eigenvalue weighted by molar-refractivity contribution is -0.114. The number of halogens is 2. The van der Waals surface area contributed by atoms with Crippen molar-refractivity contribution in [3.63, 3.8) is 0 Å². The van der Waals surface area contributed by atoms with E-state index in [0.717, 1.165) is 5.56 Å². The molecule has 2 aromatic carbocycles. The Morgan fingerprint density at radius 3 is 2.30 bits per heavy atom. The van der Waals surface area contributed by atoms with Crippen molar-refractivity contribution < 1.29 is 14.3 Å². The molecule has 0 bridgehead atoms. The number of nitrogens with one attached hydrogen (secondary N) is 3. The molecule has 0 aliphatic rings. The maximum atomic E-state index is 12.4. The second-order valence-electron chi connectivity index (χ2n) is 6.43. The zero-order valence-corrected chi connectivity index (χ0v) is 17.0. The molecule has 2 rings (SSSR count). The van der Waals surface area contributed by atoms with Crippen molar-refractivity contribution >= 4 is 46.5 Å². The van der Waals surface area contributed by atoms with Gasteiger partial charge in [0.2, 0.25) is 5.91 Å². The number of hydrogen-bond donors (Lipinski definition) is 3. The van der Waals surface area contributed by atoms with Gasteiger partial charge in [0.15, 0.2) is 0 Å². The number of carbonyl (C=O) groups is 2. The van der Waals surface area contributed by atoms with Gasteiger partial charge < -0.3 is 20.7 Å². The van der Waals surface area contributed by atoms with Gasteiger partial charge in [0.25, 0.3) is 0 Å². The Labute approximate surface area is 168 Å². The summed E-state index contributed by atoms with van der Waals surface area (Å²) in [6, 6.07) is 9.75. The third-order valence-corrected chi connectivity index (χ3v) is 4.58. The normalized spacial score (nSPS) is 10.9. The van der Waals surface area contributed by atoms with E-state index in [4.69, 9.17) is 27.9 Å². The van der Waals surface area contributed by atoms with Crippen LogP contribution < -0.4 is 20.7 Å². The Morgan fingerprint density at radius 2 is 1.70 bits per heavy atom. The Morgan fingerprint density at radius 1 is 1.00 bits per heavy atom. The lowest BCUT2D eigenvalue weighted by Crippen LogP contribution is -2.43. The molecule has 3 N–H and O–H groups in total. The first kappa shape index (κ1) is 20.9. The number of benzene rings is 2. The van der Waals surface area contributed by atoms with Gasteiger partial charge in [-0.3, -0.25) is 4.79 Å². The molecule has 0 aliphatic heterocycles. The van der Waals surface area contributed by atoms with Gasteiger partial charge in [-0.1, -0.05) is 29.3 Å². The van der Waals surface area contributed by atoms with Crippen LogP contribution in [0.15, 0.2) is 36.4 Å². The minimum absolute atomic E-state index is 0.213. The smallest absolute Gasteiger partial charge is 0.319 e. The molecule has 0 aliphatic carbocycles. The van der Waals surface area contributed by atoms with E-state index in [1.54, 1.807) is 36.4 Å². The Hall–Kier alpha value is -2.44. The molecule has 0 fully saturated rings. The van der Waals surface area contributed by atoms with Gasteiger partial charge in [-0.25, -0.2) is 4.79 Å². The van der Waals surface area contributed by atoms with Gasteiger partial charge in [0.1, 0.15) is 5.75 Å². The molecule has 3 amide bonds. The van der Waals surface area contributed by atoms with E-state index in [0.29, 0.717) is 27.2 Å². The fourth-order valence-electron chi connectivity index (χ4n) is 2.47. The Bertz CT molecular complexity index is 869. The topological polar surface area (TPSA) is 79.5 Å². The highest BCUT2D eigenvalue weighted by Crippen LogP contribution is 2.30. The molecule has 2 aromatic rings. The van der Waals surface area contributed by atoms with E-state index in [9.17, 15) is 9.59 Å². The number of anilines is 2. The van der Waals surface area contributed by atoms with Gasteiger partial charge >= 0.3 is 6.03 Å². The van der Waals surface area contributed by atoms with Crippen LogP contribution in [0.1, 0.15) is 26.3 Å². The largest absolute Gasteiger partial charge is 0.494 e. The van der Waals surface area contributed by atoms with Crippen molar-refractivity contribution in [2.45, 2.75) is 26.3 Å². The molecule has 27 heavy (non-hydrogen) atoms. The van der Waals surface area contributed by atoms with Crippen molar-refractivity contribution in [3.8, 4) is 5.75 Å². The summed E-state index contributed by atoms with van der Waals surface area (Å²) in [4.78, 5) is 23.6. The summed E-state index contributed by atoms with van der Waals surface area (Å²) >= 11 is 12.0. The average molecular weight is 410 g/mol. The van der Waals surface area contributed by atoms with Crippen LogP contribution in [0, 0.1) is 0 Å². The highest BCUT2D eigenvalue weighted by Gasteiger charge is 2.24. The quantitative estimate of drug-likeness (QED) is 0.648. The second kappa shape index (κ2) is 8.50. The van der Waals surface area contributed by atoms with Crippen LogP contribution in [0.5, 0.6) is 5.75 Å². The van der Waals surface area contributed by atoms with E-state index in [1.807, 2.05) is 13.8 Å². The first-order valence-corrected chi connectivity index (χ1v) is 8.88. The first-order valence-electron chi connectivity index (χ1n) is 8.12. The summed E-state index contributed by atoms with van der Waals surface area (Å²) < 4.78 is 5.25. The van der Waals surface area contributed by atoms with Gasteiger partial charge in [0.05, 0.1) is 28.4 Å². The highest BCUT2D eigenvalue weighted by molar-refractivity contribution is 6.42. The summed E-state index contributed by atoms with van der Waals surface area (Å²) in [6.07, 6.45) is 0. The van der Waals surface area contributed by atoms with Crippen molar-refractivity contribution in [2.75, 3.05) is 17.7 Å². The van der Waals surface area contributed by atoms with Crippen molar-refractivity contribution in [2.24, 2.45) is 0 Å². The first-order chi connectivity index (χ1) is 12.6. The molecule has 0 radical (unpaired) electrons. The summed E-state index contributed by atoms with van der Waals surface area (Å²) in [7, 11) is 1.48. The number of carbonyl (C=O) groups excluding carboxylic acids is 2. The molecule has 144 valence electrons. The van der Waals surface area contributed by atoms with Gasteiger partial charge in [0, 0.05) is 18.7 Å². The number of methoxy groups -OCH3 is 1. The Kier molecular flexibility index (Phi) is 6.57. The van der Waals surface area contributed by atoms with Crippen LogP contribution in [0.2, 0.25) is 10.0 Å². The third-order valence-electron chi connectivity index (χ3n) is 3.84. The van der Waals surface area contributed by atoms with Crippen LogP contribution in [-0.4, -0.2) is 19.0 Å². The fourth-order valence-corrected chi connectivity index (χ4v) is 2.76. The number of rotatable bonds is 5. The van der Waals surface area contributed by atoms with Crippen molar-refractivity contribution in [1.29, 1.82) is 0 Å². The standard InChI is InChI=1S/C19H21Cl2N3O3/c1-11(25)22-16-8-6-13(10-17(16)27-4)23-18(26)24-19(2,3)12-5-7-14(20)15(21)9-12/h5-10H,1-4H3,(H,22,25)(H2,23,24,26). The van der Waals surface area contributed by atoms with Crippen LogP contribution in [0.3, 0.4) is 0 Å². The molecule has 0 saturated carbocycles. The SMILES string of the molecule is COc1cc(NC(=O)NC(C)(C)c2ccc(Cl)c(Cl)c2)ccc1NC(C)=O. The molecular weight excluding hydrogens is 389 g/mol. The molecule has 0 atom stereocenters. The van der Waals surface area contributed by atoms with Gasteiger partial charge in [-0.15, -0.1) is 0 Å². The second-order valence-corrected chi connectivity index (χ2v) is 7.24. The Balaban J connectivity index is 2.12. The lowest BCUT2D eigenvalue weighted by Gasteiger charge is -2.27. The van der Waals surface area contributed by atoms with Crippen molar-refractivity contribution in [3.05, 3.63) is 52.0 Å². The minimum atomic E-state index is -0.682. The predicted octanol–water partition coefficient (Wildman–Crippen LogP) is 5.02. The number of urea groups is 1. The minimum Gasteiger partial charge on any atom is -0.494 e. The molecule has 0 spiro atoms. The van der Waals surface area contributed by atoms with E-state index >= 15 is 0 Å². The van der Waals surface area contributed by atoms with E-state index in [1.165, 1.54) is 14.0 Å². The van der Waals surface area contributed by atoms with Crippen LogP contribution in [0.25, 0.3) is 0 Å². The fraction of sp³-hybridized carbons (Fsp3) is 0.263. The molecule has 6 nitrogen and oxygen atoms in total. The molecular formula is C19H21Cl2N3O3. The third kappa shape index (κ3) is 5.52. The predicted molar refractivity (Wildman–Crippen MR) is 109 cm³/mol. The summed E-state index contributed by atoms with van der Waals surface area (Å²) in [5.41, 5.74) is 1.17. The van der Waals surface area contributed by atoms with E-state index in [-0.39, 0.29) is 5.91 Å². The van der Waals surface area contributed by atoms with Gasteiger partial charge in [-0.2, -0.15) is 0 Å². The summed E-state index contributed by atoms with van der Waals surface area (Å²) in [5.74, 6) is 0.224. The zero-order chi connectivity index (χ0) is 20.2. The highest BCUT2D eigenvalue weighted by atomic mass is 35.5. The summed E-state index contributed by atoms with van der Waals surface area (Å²) in [6.45, 7) is 5.11. The van der Waals surface area contributed by atoms with Crippen LogP contribution >= 0.6 is 23.2 Å². The molecule has 0 unspecified atom stereocenters. The molecule has 0 saturated heterocycles. The van der Waals surface area contributed by atoms with E-state index in [2.05, 4.69) is 16.0 Å². The van der Waals surface area contributed by atoms with Crippen LogP contribution in [0.4, 0.5) is 16.2 Å².